The molecule has 0 heterocycles. The van der Waals surface area contributed by atoms with E-state index in [0.29, 0.717) is 7.14 Å². The van der Waals surface area contributed by atoms with Gasteiger partial charge >= 0.3 is 5.97 Å². The molecule has 0 fully saturated rings. The summed E-state index contributed by atoms with van der Waals surface area (Å²) in [6.45, 7) is 0. The average Bonchev–Trinajstić information content (AvgIpc) is 2.01. The monoisotopic (exact) mass is 419 g/mol. The molecule has 0 spiro atoms. The first-order valence-corrected chi connectivity index (χ1v) is 5.46. The van der Waals surface area contributed by atoms with Crippen molar-refractivity contribution < 1.29 is 14.8 Å². The van der Waals surface area contributed by atoms with Crippen molar-refractivity contribution in [3.8, 4) is 0 Å². The zero-order chi connectivity index (χ0) is 10.9. The van der Waals surface area contributed by atoms with Gasteiger partial charge in [0.15, 0.2) is 0 Å². The van der Waals surface area contributed by atoms with Crippen molar-refractivity contribution in [2.24, 2.45) is 0 Å². The first-order chi connectivity index (χ1) is 6.43. The quantitative estimate of drug-likeness (QED) is 0.454. The second-order valence-electron chi connectivity index (χ2n) is 2.35. The number of hydrogen-bond donors (Lipinski definition) is 1. The maximum Gasteiger partial charge on any atom is 0.342 e. The largest absolute Gasteiger partial charge is 0.477 e. The fraction of sp³-hybridized carbons (Fsp3) is 0. The van der Waals surface area contributed by atoms with Gasteiger partial charge in [-0.3, -0.25) is 10.1 Å². The summed E-state index contributed by atoms with van der Waals surface area (Å²) < 4.78 is 0.993. The van der Waals surface area contributed by atoms with E-state index in [1.165, 1.54) is 6.07 Å². The number of carboxylic acid groups (broad SMARTS) is 1. The molecule has 7 heteroatoms. The lowest BCUT2D eigenvalue weighted by Crippen LogP contribution is -2.05. The van der Waals surface area contributed by atoms with Crippen LogP contribution in [-0.4, -0.2) is 16.0 Å². The molecule has 0 aliphatic heterocycles. The maximum absolute atomic E-state index is 10.7. The van der Waals surface area contributed by atoms with Crippen molar-refractivity contribution in [3.63, 3.8) is 0 Å². The molecule has 0 saturated heterocycles. The van der Waals surface area contributed by atoms with Gasteiger partial charge < -0.3 is 5.11 Å². The molecule has 0 aromatic heterocycles. The summed E-state index contributed by atoms with van der Waals surface area (Å²) in [5, 5.41) is 19.3. The number of halogens is 2. The van der Waals surface area contributed by atoms with Crippen molar-refractivity contribution in [2.45, 2.75) is 0 Å². The lowest BCUT2D eigenvalue weighted by atomic mass is 10.2. The molecule has 0 aliphatic carbocycles. The van der Waals surface area contributed by atoms with Crippen LogP contribution < -0.4 is 0 Å². The third-order valence-corrected chi connectivity index (χ3v) is 2.89. The van der Waals surface area contributed by atoms with Gasteiger partial charge in [-0.05, 0) is 57.3 Å². The predicted octanol–water partition coefficient (Wildman–Crippen LogP) is 2.50. The van der Waals surface area contributed by atoms with Gasteiger partial charge in [-0.1, -0.05) is 0 Å². The first kappa shape index (κ1) is 11.6. The number of nitrogens with zero attached hydrogens (tertiary/aromatic N) is 1. The van der Waals surface area contributed by atoms with E-state index in [1.54, 1.807) is 28.7 Å². The summed E-state index contributed by atoms with van der Waals surface area (Å²) in [6.07, 6.45) is 0. The van der Waals surface area contributed by atoms with Crippen LogP contribution in [0.2, 0.25) is 0 Å². The summed E-state index contributed by atoms with van der Waals surface area (Å²) in [6, 6.07) is 2.84. The number of aromatic carboxylic acids is 1. The molecule has 1 aromatic rings. The van der Waals surface area contributed by atoms with Gasteiger partial charge in [0.1, 0.15) is 5.56 Å². The smallest absolute Gasteiger partial charge is 0.342 e. The van der Waals surface area contributed by atoms with Gasteiger partial charge in [0, 0.05) is 3.57 Å². The summed E-state index contributed by atoms with van der Waals surface area (Å²) in [4.78, 5) is 20.6. The summed E-state index contributed by atoms with van der Waals surface area (Å²) in [7, 11) is 0. The van der Waals surface area contributed by atoms with Gasteiger partial charge in [-0.15, -0.1) is 0 Å². The van der Waals surface area contributed by atoms with Crippen LogP contribution in [0.4, 0.5) is 5.69 Å². The molecule has 1 rings (SSSR count). The van der Waals surface area contributed by atoms with Crippen LogP contribution in [0, 0.1) is 17.3 Å². The van der Waals surface area contributed by atoms with Gasteiger partial charge in [-0.2, -0.15) is 0 Å². The second-order valence-corrected chi connectivity index (χ2v) is 4.75. The number of rotatable bonds is 2. The van der Waals surface area contributed by atoms with E-state index >= 15 is 0 Å². The average molecular weight is 419 g/mol. The highest BCUT2D eigenvalue weighted by atomic mass is 127. The van der Waals surface area contributed by atoms with Crippen LogP contribution >= 0.6 is 45.2 Å². The third-order valence-electron chi connectivity index (χ3n) is 1.44. The molecule has 0 atom stereocenters. The zero-order valence-corrected chi connectivity index (χ0v) is 10.8. The molecule has 0 bridgehead atoms. The molecule has 0 amide bonds. The Morgan fingerprint density at radius 1 is 1.43 bits per heavy atom. The van der Waals surface area contributed by atoms with E-state index < -0.39 is 10.9 Å². The van der Waals surface area contributed by atoms with Crippen molar-refractivity contribution in [1.82, 2.24) is 0 Å². The number of benzene rings is 1. The number of hydrogen-bond acceptors (Lipinski definition) is 3. The maximum atomic E-state index is 10.7. The Kier molecular flexibility index (Phi) is 3.64. The number of nitro benzene ring substituents is 1. The molecule has 74 valence electrons. The summed E-state index contributed by atoms with van der Waals surface area (Å²) >= 11 is 3.66. The fourth-order valence-corrected chi connectivity index (χ4v) is 2.96. The Labute approximate surface area is 106 Å². The standard InChI is InChI=1S/C7H3I2NO4/c8-3-1-4(7(11)12)6(10(13)14)5(9)2-3/h1-2H,(H,11,12). The Bertz CT molecular complexity index is 418. The fourth-order valence-electron chi connectivity index (χ4n) is 0.915. The normalized spacial score (nSPS) is 9.86. The highest BCUT2D eigenvalue weighted by Crippen LogP contribution is 2.27. The summed E-state index contributed by atoms with van der Waals surface area (Å²) in [5.41, 5.74) is -0.621. The second kappa shape index (κ2) is 4.38. The van der Waals surface area contributed by atoms with E-state index in [0.717, 1.165) is 0 Å². The molecule has 0 saturated carbocycles. The van der Waals surface area contributed by atoms with E-state index in [1.807, 2.05) is 22.6 Å². The predicted molar refractivity (Wildman–Crippen MR) is 65.5 cm³/mol. The lowest BCUT2D eigenvalue weighted by molar-refractivity contribution is -0.386. The minimum absolute atomic E-state index is 0.272. The summed E-state index contributed by atoms with van der Waals surface area (Å²) in [5.74, 6) is -1.28. The molecular weight excluding hydrogens is 416 g/mol. The van der Waals surface area contributed by atoms with Crippen LogP contribution in [0.3, 0.4) is 0 Å². The van der Waals surface area contributed by atoms with Crippen molar-refractivity contribution in [1.29, 1.82) is 0 Å². The molecular formula is C7H3I2NO4. The van der Waals surface area contributed by atoms with E-state index in [-0.39, 0.29) is 11.3 Å². The molecule has 0 aliphatic rings. The first-order valence-electron chi connectivity index (χ1n) is 3.30. The Morgan fingerprint density at radius 3 is 2.43 bits per heavy atom. The van der Waals surface area contributed by atoms with Crippen molar-refractivity contribution >= 4 is 56.8 Å². The van der Waals surface area contributed by atoms with Crippen LogP contribution in [0.25, 0.3) is 0 Å². The highest BCUT2D eigenvalue weighted by Gasteiger charge is 2.23. The van der Waals surface area contributed by atoms with Crippen LogP contribution in [0.15, 0.2) is 12.1 Å². The zero-order valence-electron chi connectivity index (χ0n) is 6.53. The minimum Gasteiger partial charge on any atom is -0.477 e. The molecule has 5 nitrogen and oxygen atoms in total. The SMILES string of the molecule is O=C(O)c1cc(I)cc(I)c1[N+](=O)[O-]. The lowest BCUT2D eigenvalue weighted by Gasteiger charge is -2.01. The topological polar surface area (TPSA) is 80.4 Å². The minimum atomic E-state index is -1.28. The van der Waals surface area contributed by atoms with E-state index in [2.05, 4.69) is 0 Å². The molecule has 1 N–H and O–H groups in total. The number of carbonyl (C=O) groups is 1. The highest BCUT2D eigenvalue weighted by molar-refractivity contribution is 14.1. The van der Waals surface area contributed by atoms with Gasteiger partial charge in [0.2, 0.25) is 0 Å². The Hall–Kier alpha value is -0.450. The van der Waals surface area contributed by atoms with Crippen LogP contribution in [0.5, 0.6) is 0 Å². The van der Waals surface area contributed by atoms with Crippen LogP contribution in [-0.2, 0) is 0 Å². The van der Waals surface area contributed by atoms with E-state index in [4.69, 9.17) is 5.11 Å². The third kappa shape index (κ3) is 2.32. The Morgan fingerprint density at radius 2 is 2.00 bits per heavy atom. The van der Waals surface area contributed by atoms with Crippen LogP contribution in [0.1, 0.15) is 10.4 Å². The van der Waals surface area contributed by atoms with Gasteiger partial charge in [0.05, 0.1) is 8.49 Å². The molecule has 1 aromatic carbocycles. The number of nitro groups is 1. The molecule has 0 radical (unpaired) electrons. The Balaban J connectivity index is 3.52. The van der Waals surface area contributed by atoms with Crippen molar-refractivity contribution in [3.05, 3.63) is 35.0 Å². The molecule has 14 heavy (non-hydrogen) atoms. The number of carboxylic acids is 1. The van der Waals surface area contributed by atoms with E-state index in [9.17, 15) is 14.9 Å². The van der Waals surface area contributed by atoms with Gasteiger partial charge in [0.25, 0.3) is 5.69 Å². The van der Waals surface area contributed by atoms with Gasteiger partial charge in [-0.25, -0.2) is 4.79 Å². The molecule has 0 unspecified atom stereocenters. The van der Waals surface area contributed by atoms with Crippen molar-refractivity contribution in [2.75, 3.05) is 0 Å².